The molecule has 1 saturated heterocycles. The van der Waals surface area contributed by atoms with E-state index in [1.165, 1.54) is 25.7 Å². The van der Waals surface area contributed by atoms with Crippen molar-refractivity contribution in [2.24, 2.45) is 10.4 Å². The smallest absolute Gasteiger partial charge is 0.409 e. The van der Waals surface area contributed by atoms with E-state index in [2.05, 4.69) is 24.5 Å². The Bertz CT molecular complexity index is 425. The summed E-state index contributed by atoms with van der Waals surface area (Å²) in [6.07, 6.45) is 6.92. The summed E-state index contributed by atoms with van der Waals surface area (Å²) in [5.74, 6) is 0.917. The first-order valence-corrected chi connectivity index (χ1v) is 9.53. The van der Waals surface area contributed by atoms with Crippen molar-refractivity contribution >= 4 is 12.1 Å². The zero-order valence-electron chi connectivity index (χ0n) is 15.6. The van der Waals surface area contributed by atoms with Gasteiger partial charge in [-0.15, -0.1) is 0 Å². The minimum Gasteiger partial charge on any atom is -0.450 e. The van der Waals surface area contributed by atoms with Crippen molar-refractivity contribution in [1.82, 2.24) is 15.5 Å². The average Bonchev–Trinajstić information content (AvgIpc) is 3.01. The van der Waals surface area contributed by atoms with Crippen LogP contribution in [-0.4, -0.2) is 55.8 Å². The Hall–Kier alpha value is -1.46. The van der Waals surface area contributed by atoms with Gasteiger partial charge in [0.2, 0.25) is 0 Å². The number of rotatable bonds is 5. The van der Waals surface area contributed by atoms with Gasteiger partial charge in [-0.05, 0) is 44.9 Å². The maximum Gasteiger partial charge on any atom is 0.409 e. The summed E-state index contributed by atoms with van der Waals surface area (Å²) in [7, 11) is 0. The number of hydrogen-bond acceptors (Lipinski definition) is 3. The number of nitrogens with one attached hydrogen (secondary N) is 2. The van der Waals surface area contributed by atoms with E-state index in [0.717, 1.165) is 45.0 Å². The van der Waals surface area contributed by atoms with Crippen molar-refractivity contribution < 1.29 is 9.53 Å². The lowest BCUT2D eigenvalue weighted by atomic mass is 9.89. The Morgan fingerprint density at radius 2 is 1.92 bits per heavy atom. The number of hydrogen-bond donors (Lipinski definition) is 2. The third-order valence-electron chi connectivity index (χ3n) is 5.14. The van der Waals surface area contributed by atoms with E-state index in [0.29, 0.717) is 18.1 Å². The molecule has 24 heavy (non-hydrogen) atoms. The molecule has 2 fully saturated rings. The van der Waals surface area contributed by atoms with E-state index in [1.54, 1.807) is 4.90 Å². The van der Waals surface area contributed by atoms with Crippen LogP contribution in [0.3, 0.4) is 0 Å². The van der Waals surface area contributed by atoms with Crippen molar-refractivity contribution in [3.05, 3.63) is 0 Å². The van der Waals surface area contributed by atoms with E-state index in [4.69, 9.17) is 9.73 Å². The minimum absolute atomic E-state index is 0.189. The maximum absolute atomic E-state index is 11.8. The molecule has 0 radical (unpaired) electrons. The minimum atomic E-state index is -0.189. The van der Waals surface area contributed by atoms with Crippen LogP contribution in [0.2, 0.25) is 0 Å². The number of amides is 1. The highest BCUT2D eigenvalue weighted by molar-refractivity contribution is 5.80. The average molecular weight is 338 g/mol. The van der Waals surface area contributed by atoms with E-state index in [9.17, 15) is 4.79 Å². The van der Waals surface area contributed by atoms with Gasteiger partial charge in [-0.1, -0.05) is 19.8 Å². The van der Waals surface area contributed by atoms with Crippen LogP contribution in [0.5, 0.6) is 0 Å². The highest BCUT2D eigenvalue weighted by Crippen LogP contribution is 2.37. The number of aliphatic imine (C=N–C) groups is 1. The van der Waals surface area contributed by atoms with Gasteiger partial charge in [0.15, 0.2) is 5.96 Å². The molecular formula is C18H34N4O2. The first-order valence-electron chi connectivity index (χ1n) is 9.53. The normalized spacial score (nSPS) is 21.6. The number of likely N-dealkylation sites (tertiary alicyclic amines) is 1. The van der Waals surface area contributed by atoms with Crippen LogP contribution in [0, 0.1) is 5.41 Å². The summed E-state index contributed by atoms with van der Waals surface area (Å²) in [5, 5.41) is 6.91. The van der Waals surface area contributed by atoms with E-state index in [-0.39, 0.29) is 6.09 Å². The third-order valence-corrected chi connectivity index (χ3v) is 5.14. The van der Waals surface area contributed by atoms with Crippen molar-refractivity contribution in [3.8, 4) is 0 Å². The molecule has 6 nitrogen and oxygen atoms in total. The lowest BCUT2D eigenvalue weighted by Gasteiger charge is -2.32. The quantitative estimate of drug-likeness (QED) is 0.597. The van der Waals surface area contributed by atoms with Gasteiger partial charge < -0.3 is 20.3 Å². The number of carbonyl (C=O) groups excluding carboxylic acids is 1. The fraction of sp³-hybridized carbons (Fsp3) is 0.889. The van der Waals surface area contributed by atoms with Gasteiger partial charge in [-0.25, -0.2) is 4.79 Å². The predicted octanol–water partition coefficient (Wildman–Crippen LogP) is 2.74. The molecule has 1 aliphatic heterocycles. The molecule has 1 saturated carbocycles. The van der Waals surface area contributed by atoms with Crippen molar-refractivity contribution in [2.75, 3.05) is 32.8 Å². The molecule has 1 aliphatic carbocycles. The Morgan fingerprint density at radius 1 is 1.25 bits per heavy atom. The number of carbonyl (C=O) groups is 1. The molecule has 0 unspecified atom stereocenters. The second-order valence-electron chi connectivity index (χ2n) is 7.32. The SMILES string of the molecule is CCNC(=NCC1(C)CCCC1)NC1CCN(C(=O)OCC)CC1. The molecule has 138 valence electrons. The van der Waals surface area contributed by atoms with Gasteiger partial charge in [-0.3, -0.25) is 4.99 Å². The molecule has 0 atom stereocenters. The van der Waals surface area contributed by atoms with Crippen LogP contribution in [0.1, 0.15) is 59.3 Å². The van der Waals surface area contributed by atoms with E-state index < -0.39 is 0 Å². The molecular weight excluding hydrogens is 304 g/mol. The fourth-order valence-corrected chi connectivity index (χ4v) is 3.59. The van der Waals surface area contributed by atoms with Crippen LogP contribution in [0.15, 0.2) is 4.99 Å². The maximum atomic E-state index is 11.8. The molecule has 2 rings (SSSR count). The first-order chi connectivity index (χ1) is 11.6. The summed E-state index contributed by atoms with van der Waals surface area (Å²) >= 11 is 0. The highest BCUT2D eigenvalue weighted by Gasteiger charge is 2.29. The monoisotopic (exact) mass is 338 g/mol. The zero-order valence-corrected chi connectivity index (χ0v) is 15.6. The Balaban J connectivity index is 1.82. The van der Waals surface area contributed by atoms with Crippen LogP contribution >= 0.6 is 0 Å². The summed E-state index contributed by atoms with van der Waals surface area (Å²) in [6, 6.07) is 0.366. The summed E-state index contributed by atoms with van der Waals surface area (Å²) in [4.78, 5) is 18.4. The van der Waals surface area contributed by atoms with Crippen LogP contribution in [0.25, 0.3) is 0 Å². The van der Waals surface area contributed by atoms with Gasteiger partial charge in [0, 0.05) is 32.2 Å². The summed E-state index contributed by atoms with van der Waals surface area (Å²) in [6.45, 7) is 9.97. The molecule has 2 N–H and O–H groups in total. The molecule has 1 amide bonds. The van der Waals surface area contributed by atoms with Crippen LogP contribution in [0.4, 0.5) is 4.79 Å². The highest BCUT2D eigenvalue weighted by atomic mass is 16.6. The first kappa shape index (κ1) is 18.9. The molecule has 6 heteroatoms. The van der Waals surface area contributed by atoms with Gasteiger partial charge in [0.25, 0.3) is 0 Å². The Labute approximate surface area is 146 Å². The lowest BCUT2D eigenvalue weighted by molar-refractivity contribution is 0.0963. The van der Waals surface area contributed by atoms with E-state index in [1.807, 2.05) is 6.92 Å². The number of nitrogens with zero attached hydrogens (tertiary/aromatic N) is 2. The van der Waals surface area contributed by atoms with Crippen molar-refractivity contribution in [1.29, 1.82) is 0 Å². The predicted molar refractivity (Wildman–Crippen MR) is 97.3 cm³/mol. The number of guanidine groups is 1. The lowest BCUT2D eigenvalue weighted by Crippen LogP contribution is -2.50. The Kier molecular flexibility index (Phi) is 7.18. The molecule has 0 aromatic rings. The molecule has 0 aromatic carbocycles. The summed E-state index contributed by atoms with van der Waals surface area (Å²) in [5.41, 5.74) is 0.371. The van der Waals surface area contributed by atoms with Crippen LogP contribution < -0.4 is 10.6 Å². The molecule has 2 aliphatic rings. The second kappa shape index (κ2) is 9.14. The molecule has 0 aromatic heterocycles. The largest absolute Gasteiger partial charge is 0.450 e. The number of ether oxygens (including phenoxy) is 1. The van der Waals surface area contributed by atoms with Crippen molar-refractivity contribution in [3.63, 3.8) is 0 Å². The second-order valence-corrected chi connectivity index (χ2v) is 7.32. The third kappa shape index (κ3) is 5.56. The van der Waals surface area contributed by atoms with Crippen molar-refractivity contribution in [2.45, 2.75) is 65.3 Å². The standard InChI is InChI=1S/C18H34N4O2/c1-4-19-16(20-14-18(3)10-6-7-11-18)21-15-8-12-22(13-9-15)17(23)24-5-2/h15H,4-14H2,1-3H3,(H2,19,20,21). The summed E-state index contributed by atoms with van der Waals surface area (Å²) < 4.78 is 5.07. The molecule has 0 spiro atoms. The number of piperidine rings is 1. The van der Waals surface area contributed by atoms with Gasteiger partial charge >= 0.3 is 6.09 Å². The molecule has 0 bridgehead atoms. The van der Waals surface area contributed by atoms with Crippen LogP contribution in [-0.2, 0) is 4.74 Å². The van der Waals surface area contributed by atoms with Gasteiger partial charge in [0.05, 0.1) is 6.61 Å². The van der Waals surface area contributed by atoms with E-state index >= 15 is 0 Å². The topological polar surface area (TPSA) is 66.0 Å². The Morgan fingerprint density at radius 3 is 2.50 bits per heavy atom. The van der Waals surface area contributed by atoms with Gasteiger partial charge in [0.1, 0.15) is 0 Å². The molecule has 1 heterocycles. The zero-order chi connectivity index (χ0) is 17.4. The van der Waals surface area contributed by atoms with Gasteiger partial charge in [-0.2, -0.15) is 0 Å². The fourth-order valence-electron chi connectivity index (χ4n) is 3.59.